The molecule has 32 heavy (non-hydrogen) atoms. The van der Waals surface area contributed by atoms with Crippen LogP contribution in [0.4, 0.5) is 13.2 Å². The lowest BCUT2D eigenvalue weighted by molar-refractivity contribution is 0.0192. The molecular weight excluding hydrogens is 431 g/mol. The highest BCUT2D eigenvalue weighted by atomic mass is 19.2. The molecule has 0 radical (unpaired) electrons. The van der Waals surface area contributed by atoms with E-state index in [-0.39, 0.29) is 42.8 Å². The van der Waals surface area contributed by atoms with E-state index in [1.165, 1.54) is 9.47 Å². The summed E-state index contributed by atoms with van der Waals surface area (Å²) in [6.45, 7) is 3.38. The number of nitrogens with one attached hydrogen (secondary N) is 1. The Morgan fingerprint density at radius 2 is 1.97 bits per heavy atom. The van der Waals surface area contributed by atoms with E-state index in [1.807, 2.05) is 0 Å². The van der Waals surface area contributed by atoms with Gasteiger partial charge in [0.1, 0.15) is 5.56 Å². The van der Waals surface area contributed by atoms with Crippen molar-refractivity contribution in [3.63, 3.8) is 0 Å². The van der Waals surface area contributed by atoms with Crippen molar-refractivity contribution in [2.24, 2.45) is 0 Å². The third-order valence-electron chi connectivity index (χ3n) is 5.68. The summed E-state index contributed by atoms with van der Waals surface area (Å²) < 4.78 is 47.4. The molecule has 2 aromatic rings. The number of aromatic nitrogens is 1. The van der Waals surface area contributed by atoms with Crippen LogP contribution in [-0.2, 0) is 17.9 Å². The molecule has 3 heterocycles. The van der Waals surface area contributed by atoms with E-state index in [2.05, 4.69) is 5.32 Å². The normalized spacial score (nSPS) is 17.5. The summed E-state index contributed by atoms with van der Waals surface area (Å²) in [5.41, 5.74) is -1.95. The maximum atomic E-state index is 13.9. The van der Waals surface area contributed by atoms with E-state index in [0.29, 0.717) is 6.07 Å². The minimum Gasteiger partial charge on any atom is -0.503 e. The number of rotatable bonds is 4. The summed E-state index contributed by atoms with van der Waals surface area (Å²) in [4.78, 5) is 40.1. The number of ether oxygens (including phenoxy) is 1. The molecule has 170 valence electrons. The fourth-order valence-electron chi connectivity index (χ4n) is 4.07. The molecule has 2 N–H and O–H groups in total. The summed E-state index contributed by atoms with van der Waals surface area (Å²) in [7, 11) is 0. The number of hydrogen-bond donors (Lipinski definition) is 2. The zero-order valence-corrected chi connectivity index (χ0v) is 17.2. The molecular formula is C21H20F3N3O5. The number of carbonyl (C=O) groups excluding carboxylic acids is 2. The molecule has 0 saturated heterocycles. The van der Waals surface area contributed by atoms with Crippen LogP contribution in [0.1, 0.15) is 52.0 Å². The minimum absolute atomic E-state index is 0.110. The number of halogens is 3. The zero-order valence-electron chi connectivity index (χ0n) is 17.2. The van der Waals surface area contributed by atoms with Crippen LogP contribution >= 0.6 is 0 Å². The predicted molar refractivity (Wildman–Crippen MR) is 105 cm³/mol. The molecule has 0 aliphatic carbocycles. The maximum Gasteiger partial charge on any atom is 0.274 e. The summed E-state index contributed by atoms with van der Waals surface area (Å²) >= 11 is 0. The van der Waals surface area contributed by atoms with Crippen LogP contribution in [0.5, 0.6) is 5.75 Å². The van der Waals surface area contributed by atoms with Gasteiger partial charge in [-0.05, 0) is 19.9 Å². The Kier molecular flexibility index (Phi) is 5.45. The van der Waals surface area contributed by atoms with Gasteiger partial charge >= 0.3 is 0 Å². The average Bonchev–Trinajstić information content (AvgIpc) is 2.75. The smallest absolute Gasteiger partial charge is 0.274 e. The van der Waals surface area contributed by atoms with E-state index >= 15 is 0 Å². The lowest BCUT2D eigenvalue weighted by Gasteiger charge is -2.41. The standard InChI is InChI=1S/C21H20F3N3O5/c1-9(2)26-6-11-7-32-8-13-14(18(28)19(29)17(21(26)31)27(11)13)20(30)25-5-10-3-4-12(22)16(24)15(10)23/h3-4,9,11,29H,5-8H2,1-2H3,(H,25,30). The molecule has 1 aromatic heterocycles. The Bertz CT molecular complexity index is 1190. The predicted octanol–water partition coefficient (Wildman–Crippen LogP) is 1.84. The number of nitrogens with zero attached hydrogens (tertiary/aromatic N) is 2. The molecule has 2 aliphatic rings. The molecule has 0 fully saturated rings. The van der Waals surface area contributed by atoms with Crippen molar-refractivity contribution >= 4 is 11.8 Å². The van der Waals surface area contributed by atoms with Crippen molar-refractivity contribution in [1.29, 1.82) is 0 Å². The highest BCUT2D eigenvalue weighted by Gasteiger charge is 2.41. The Balaban J connectivity index is 1.74. The fraction of sp³-hybridized carbons (Fsp3) is 0.381. The van der Waals surface area contributed by atoms with Gasteiger partial charge in [0.2, 0.25) is 5.43 Å². The average molecular weight is 451 g/mol. The SMILES string of the molecule is CC(C)N1CC2COCc3c(C(=O)NCc4ccc(F)c(F)c4F)c(=O)c(O)c(n32)C1=O. The molecule has 1 aromatic carbocycles. The molecule has 2 amide bonds. The van der Waals surface area contributed by atoms with Crippen molar-refractivity contribution in [3.8, 4) is 5.75 Å². The fourth-order valence-corrected chi connectivity index (χ4v) is 4.07. The van der Waals surface area contributed by atoms with Crippen molar-refractivity contribution < 1.29 is 32.6 Å². The highest BCUT2D eigenvalue weighted by Crippen LogP contribution is 2.33. The van der Waals surface area contributed by atoms with E-state index in [0.717, 1.165) is 6.07 Å². The molecule has 0 bridgehead atoms. The molecule has 8 nitrogen and oxygen atoms in total. The zero-order chi connectivity index (χ0) is 23.3. The lowest BCUT2D eigenvalue weighted by atomic mass is 10.0. The number of amides is 2. The first-order valence-corrected chi connectivity index (χ1v) is 9.93. The minimum atomic E-state index is -1.68. The van der Waals surface area contributed by atoms with Crippen LogP contribution < -0.4 is 10.7 Å². The maximum absolute atomic E-state index is 13.9. The van der Waals surface area contributed by atoms with Gasteiger partial charge < -0.3 is 24.6 Å². The molecule has 4 rings (SSSR count). The molecule has 0 saturated carbocycles. The summed E-state index contributed by atoms with van der Waals surface area (Å²) in [6, 6.07) is 1.07. The van der Waals surface area contributed by atoms with E-state index in [1.54, 1.807) is 13.8 Å². The molecule has 11 heteroatoms. The number of pyridine rings is 1. The van der Waals surface area contributed by atoms with Gasteiger partial charge in [0.25, 0.3) is 11.8 Å². The summed E-state index contributed by atoms with van der Waals surface area (Å²) in [5, 5.41) is 12.8. The van der Waals surface area contributed by atoms with Crippen LogP contribution in [0, 0.1) is 17.5 Å². The monoisotopic (exact) mass is 451 g/mol. The van der Waals surface area contributed by atoms with Crippen LogP contribution in [0.3, 0.4) is 0 Å². The largest absolute Gasteiger partial charge is 0.503 e. The second-order valence-corrected chi connectivity index (χ2v) is 7.96. The van der Waals surface area contributed by atoms with E-state index < -0.39 is 58.6 Å². The van der Waals surface area contributed by atoms with Crippen LogP contribution in [0.25, 0.3) is 0 Å². The number of aromatic hydroxyl groups is 1. The molecule has 2 aliphatic heterocycles. The Morgan fingerprint density at radius 1 is 1.25 bits per heavy atom. The first-order chi connectivity index (χ1) is 15.1. The number of benzene rings is 1. The highest BCUT2D eigenvalue weighted by molar-refractivity contribution is 6.00. The van der Waals surface area contributed by atoms with Gasteiger partial charge in [0.15, 0.2) is 28.9 Å². The van der Waals surface area contributed by atoms with Gasteiger partial charge in [0.05, 0.1) is 24.9 Å². The van der Waals surface area contributed by atoms with Crippen molar-refractivity contribution in [2.75, 3.05) is 13.2 Å². The quantitative estimate of drug-likeness (QED) is 0.691. The second-order valence-electron chi connectivity index (χ2n) is 7.96. The lowest BCUT2D eigenvalue weighted by Crippen LogP contribution is -2.51. The van der Waals surface area contributed by atoms with Crippen LogP contribution in [-0.4, -0.2) is 45.6 Å². The Hall–Kier alpha value is -3.34. The van der Waals surface area contributed by atoms with Gasteiger partial charge in [-0.2, -0.15) is 0 Å². The van der Waals surface area contributed by atoms with Gasteiger partial charge in [-0.15, -0.1) is 0 Å². The van der Waals surface area contributed by atoms with Crippen molar-refractivity contribution in [3.05, 3.63) is 62.3 Å². The molecule has 1 unspecified atom stereocenters. The van der Waals surface area contributed by atoms with E-state index in [9.17, 15) is 32.7 Å². The van der Waals surface area contributed by atoms with E-state index in [4.69, 9.17) is 4.74 Å². The van der Waals surface area contributed by atoms with Crippen LogP contribution in [0.15, 0.2) is 16.9 Å². The van der Waals surface area contributed by atoms with Gasteiger partial charge in [-0.3, -0.25) is 14.4 Å². The van der Waals surface area contributed by atoms with Gasteiger partial charge in [-0.25, -0.2) is 13.2 Å². The first kappa shape index (κ1) is 21.9. The molecule has 1 atom stereocenters. The van der Waals surface area contributed by atoms with Gasteiger partial charge in [0, 0.05) is 24.7 Å². The van der Waals surface area contributed by atoms with Crippen molar-refractivity contribution in [2.45, 2.75) is 39.1 Å². The third kappa shape index (κ3) is 3.32. The van der Waals surface area contributed by atoms with Crippen LogP contribution in [0.2, 0.25) is 0 Å². The van der Waals surface area contributed by atoms with Crippen molar-refractivity contribution in [1.82, 2.24) is 14.8 Å². The Labute approximate surface area is 180 Å². The summed E-state index contributed by atoms with van der Waals surface area (Å²) in [5.74, 6) is -6.88. The second kappa shape index (κ2) is 7.97. The number of hydrogen-bond acceptors (Lipinski definition) is 5. The summed E-state index contributed by atoms with van der Waals surface area (Å²) in [6.07, 6.45) is 0. The topological polar surface area (TPSA) is 101 Å². The molecule has 0 spiro atoms. The Morgan fingerprint density at radius 3 is 2.66 bits per heavy atom. The van der Waals surface area contributed by atoms with Gasteiger partial charge in [-0.1, -0.05) is 6.07 Å². The third-order valence-corrected chi connectivity index (χ3v) is 5.68. The number of carbonyl (C=O) groups is 2. The first-order valence-electron chi connectivity index (χ1n) is 9.93.